The molecule has 8 heteroatoms. The van der Waals surface area contributed by atoms with Crippen molar-refractivity contribution < 1.29 is 19.4 Å². The molecule has 7 nitrogen and oxygen atoms in total. The van der Waals surface area contributed by atoms with Crippen LogP contribution in [0.15, 0.2) is 66.0 Å². The predicted molar refractivity (Wildman–Crippen MR) is 142 cm³/mol. The zero-order chi connectivity index (χ0) is 25.1. The maximum atomic E-state index is 13.0. The van der Waals surface area contributed by atoms with Gasteiger partial charge >= 0.3 is 6.09 Å². The highest BCUT2D eigenvalue weighted by Crippen LogP contribution is 2.26. The van der Waals surface area contributed by atoms with E-state index < -0.39 is 6.09 Å². The molecule has 0 radical (unpaired) electrons. The second-order valence-corrected chi connectivity index (χ2v) is 10.0. The number of carbonyl (C=O) groups excluding carboxylic acids is 1. The van der Waals surface area contributed by atoms with E-state index in [1.54, 1.807) is 11.3 Å². The first-order chi connectivity index (χ1) is 17.5. The van der Waals surface area contributed by atoms with E-state index in [1.165, 1.54) is 10.5 Å². The van der Waals surface area contributed by atoms with Gasteiger partial charge in [-0.1, -0.05) is 30.3 Å². The van der Waals surface area contributed by atoms with Crippen LogP contribution >= 0.6 is 11.3 Å². The standard InChI is InChI=1S/C28H29N3O4S/c1-30-24-14-17-36-26(24)18-25(30)27(32)29-23-5-3-2-4-20(23)9-6-19-7-10-21(11-8-19)35-22-12-15-31(16-13-22)28(33)34/h2-5,7-8,10-11,14,17-18,22H,6,9,12-13,15-16H2,1H3,(H,29,32)(H,33,34). The molecule has 2 aromatic heterocycles. The second-order valence-electron chi connectivity index (χ2n) is 9.10. The first-order valence-electron chi connectivity index (χ1n) is 12.1. The Kier molecular flexibility index (Phi) is 6.95. The summed E-state index contributed by atoms with van der Waals surface area (Å²) in [6.07, 6.45) is 2.23. The van der Waals surface area contributed by atoms with Gasteiger partial charge in [0.15, 0.2) is 0 Å². The molecule has 5 rings (SSSR count). The minimum absolute atomic E-state index is 0.0435. The molecule has 2 aromatic carbocycles. The fraction of sp³-hybridized carbons (Fsp3) is 0.286. The van der Waals surface area contributed by atoms with Crippen molar-refractivity contribution in [3.8, 4) is 5.75 Å². The van der Waals surface area contributed by atoms with Crippen LogP contribution < -0.4 is 10.1 Å². The molecule has 1 fully saturated rings. The number of nitrogens with one attached hydrogen (secondary N) is 1. The highest BCUT2D eigenvalue weighted by Gasteiger charge is 2.23. The largest absolute Gasteiger partial charge is 0.490 e. The zero-order valence-electron chi connectivity index (χ0n) is 20.1. The van der Waals surface area contributed by atoms with Gasteiger partial charge in [-0.05, 0) is 59.7 Å². The van der Waals surface area contributed by atoms with Gasteiger partial charge in [-0.15, -0.1) is 11.3 Å². The summed E-state index contributed by atoms with van der Waals surface area (Å²) >= 11 is 1.63. The molecule has 4 aromatic rings. The van der Waals surface area contributed by atoms with Crippen molar-refractivity contribution in [1.29, 1.82) is 0 Å². The van der Waals surface area contributed by atoms with Crippen molar-refractivity contribution in [2.45, 2.75) is 31.8 Å². The molecule has 1 saturated heterocycles. The Hall–Kier alpha value is -3.78. The number of aromatic nitrogens is 1. The van der Waals surface area contributed by atoms with Gasteiger partial charge in [-0.2, -0.15) is 0 Å². The van der Waals surface area contributed by atoms with Crippen molar-refractivity contribution in [3.63, 3.8) is 0 Å². The lowest BCUT2D eigenvalue weighted by molar-refractivity contribution is 0.0894. The van der Waals surface area contributed by atoms with Crippen LogP contribution in [0.25, 0.3) is 10.2 Å². The Bertz CT molecular complexity index is 1370. The summed E-state index contributed by atoms with van der Waals surface area (Å²) in [5.74, 6) is 0.701. The molecule has 1 aliphatic heterocycles. The molecule has 1 aliphatic rings. The molecule has 0 aliphatic carbocycles. The number of anilines is 1. The lowest BCUT2D eigenvalue weighted by atomic mass is 10.0. The van der Waals surface area contributed by atoms with E-state index in [1.807, 2.05) is 59.5 Å². The summed E-state index contributed by atoms with van der Waals surface area (Å²) in [6, 6.07) is 20.0. The van der Waals surface area contributed by atoms with Gasteiger partial charge in [0.05, 0.1) is 10.2 Å². The molecule has 0 spiro atoms. The van der Waals surface area contributed by atoms with Crippen molar-refractivity contribution in [1.82, 2.24) is 9.47 Å². The first-order valence-corrected chi connectivity index (χ1v) is 13.0. The number of likely N-dealkylation sites (tertiary alicyclic amines) is 1. The van der Waals surface area contributed by atoms with Crippen LogP contribution in [0, 0.1) is 0 Å². The maximum Gasteiger partial charge on any atom is 0.407 e. The Balaban J connectivity index is 1.18. The Morgan fingerprint density at radius 2 is 1.81 bits per heavy atom. The number of hydrogen-bond donors (Lipinski definition) is 2. The molecule has 3 heterocycles. The van der Waals surface area contributed by atoms with Crippen LogP contribution in [-0.4, -0.2) is 45.8 Å². The second kappa shape index (κ2) is 10.5. The number of fused-ring (bicyclic) bond motifs is 1. The molecule has 2 amide bonds. The number of carbonyl (C=O) groups is 2. The van der Waals surface area contributed by atoms with Crippen molar-refractivity contribution >= 4 is 39.2 Å². The van der Waals surface area contributed by atoms with Gasteiger partial charge in [0.25, 0.3) is 5.91 Å². The van der Waals surface area contributed by atoms with Gasteiger partial charge in [-0.25, -0.2) is 4.79 Å². The lowest BCUT2D eigenvalue weighted by Crippen LogP contribution is -2.41. The number of rotatable bonds is 7. The molecule has 0 saturated carbocycles. The molecule has 186 valence electrons. The molecule has 2 N–H and O–H groups in total. The van der Waals surface area contributed by atoms with E-state index in [0.29, 0.717) is 31.6 Å². The van der Waals surface area contributed by atoms with Crippen LogP contribution in [0.4, 0.5) is 10.5 Å². The number of para-hydroxylation sites is 1. The Labute approximate surface area is 213 Å². The summed E-state index contributed by atoms with van der Waals surface area (Å²) in [7, 11) is 1.92. The molecule has 0 bridgehead atoms. The van der Waals surface area contributed by atoms with E-state index in [9.17, 15) is 9.59 Å². The summed E-state index contributed by atoms with van der Waals surface area (Å²) in [6.45, 7) is 1.02. The summed E-state index contributed by atoms with van der Waals surface area (Å²) < 4.78 is 9.10. The normalized spacial score (nSPS) is 14.2. The predicted octanol–water partition coefficient (Wildman–Crippen LogP) is 5.80. The number of amides is 2. The van der Waals surface area contributed by atoms with E-state index in [-0.39, 0.29) is 12.0 Å². The van der Waals surface area contributed by atoms with E-state index in [2.05, 4.69) is 23.5 Å². The SMILES string of the molecule is Cn1c(C(=O)Nc2ccccc2CCc2ccc(OC3CCN(C(=O)O)CC3)cc2)cc2sccc21. The number of thiophene rings is 1. The van der Waals surface area contributed by atoms with Crippen LogP contribution in [0.1, 0.15) is 34.5 Å². The van der Waals surface area contributed by atoms with E-state index in [4.69, 9.17) is 9.84 Å². The Morgan fingerprint density at radius 3 is 2.53 bits per heavy atom. The highest BCUT2D eigenvalue weighted by atomic mass is 32.1. The van der Waals surface area contributed by atoms with Crippen molar-refractivity contribution in [3.05, 3.63) is 82.9 Å². The van der Waals surface area contributed by atoms with Gasteiger partial charge in [0.2, 0.25) is 0 Å². The maximum absolute atomic E-state index is 13.0. The van der Waals surface area contributed by atoms with Gasteiger partial charge in [0, 0.05) is 38.7 Å². The van der Waals surface area contributed by atoms with Gasteiger partial charge < -0.3 is 24.6 Å². The van der Waals surface area contributed by atoms with Gasteiger partial charge in [-0.3, -0.25) is 4.79 Å². The average molecular weight is 504 g/mol. The Morgan fingerprint density at radius 1 is 1.06 bits per heavy atom. The summed E-state index contributed by atoms with van der Waals surface area (Å²) in [5.41, 5.74) is 4.83. The van der Waals surface area contributed by atoms with Crippen LogP contribution in [0.5, 0.6) is 5.75 Å². The number of hydrogen-bond acceptors (Lipinski definition) is 4. The summed E-state index contributed by atoms with van der Waals surface area (Å²) in [4.78, 5) is 25.5. The fourth-order valence-electron chi connectivity index (χ4n) is 4.69. The lowest BCUT2D eigenvalue weighted by Gasteiger charge is -2.30. The number of carboxylic acid groups (broad SMARTS) is 1. The van der Waals surface area contributed by atoms with Crippen LogP contribution in [0.2, 0.25) is 0 Å². The third kappa shape index (κ3) is 5.23. The molecule has 0 atom stereocenters. The summed E-state index contributed by atoms with van der Waals surface area (Å²) in [5, 5.41) is 14.2. The molecular formula is C28H29N3O4S. The first kappa shape index (κ1) is 23.9. The quantitative estimate of drug-likeness (QED) is 0.334. The molecule has 36 heavy (non-hydrogen) atoms. The number of nitrogens with zero attached hydrogens (tertiary/aromatic N) is 2. The smallest absolute Gasteiger partial charge is 0.407 e. The monoisotopic (exact) mass is 503 g/mol. The van der Waals surface area contributed by atoms with E-state index >= 15 is 0 Å². The number of ether oxygens (including phenoxy) is 1. The minimum Gasteiger partial charge on any atom is -0.490 e. The highest BCUT2D eigenvalue weighted by molar-refractivity contribution is 7.17. The number of aryl methyl sites for hydroxylation is 3. The molecular weight excluding hydrogens is 474 g/mol. The molecule has 0 unspecified atom stereocenters. The third-order valence-corrected chi connectivity index (χ3v) is 7.64. The van der Waals surface area contributed by atoms with E-state index in [0.717, 1.165) is 40.1 Å². The number of benzene rings is 2. The van der Waals surface area contributed by atoms with Gasteiger partial charge in [0.1, 0.15) is 17.5 Å². The zero-order valence-corrected chi connectivity index (χ0v) is 21.0. The fourth-order valence-corrected chi connectivity index (χ4v) is 5.53. The minimum atomic E-state index is -0.862. The van der Waals surface area contributed by atoms with Crippen LogP contribution in [-0.2, 0) is 19.9 Å². The topological polar surface area (TPSA) is 83.8 Å². The van der Waals surface area contributed by atoms with Crippen LogP contribution in [0.3, 0.4) is 0 Å². The van der Waals surface area contributed by atoms with Crippen molar-refractivity contribution in [2.24, 2.45) is 7.05 Å². The van der Waals surface area contributed by atoms with Crippen molar-refractivity contribution in [2.75, 3.05) is 18.4 Å². The average Bonchev–Trinajstić information content (AvgIpc) is 3.47. The number of piperidine rings is 1. The third-order valence-electron chi connectivity index (χ3n) is 6.78.